The van der Waals surface area contributed by atoms with Crippen LogP contribution in [-0.2, 0) is 11.3 Å². The third-order valence-electron chi connectivity index (χ3n) is 2.49. The van der Waals surface area contributed by atoms with Gasteiger partial charge in [-0.05, 0) is 6.07 Å². The van der Waals surface area contributed by atoms with Gasteiger partial charge in [0.2, 0.25) is 0 Å². The highest BCUT2D eigenvalue weighted by molar-refractivity contribution is 7.23. The second-order valence-electron chi connectivity index (χ2n) is 3.77. The van der Waals surface area contributed by atoms with Gasteiger partial charge in [-0.1, -0.05) is 10.8 Å². The van der Waals surface area contributed by atoms with Gasteiger partial charge in [0.25, 0.3) is 0 Å². The number of nitrogens with zero attached hydrogens (tertiary/aromatic N) is 1. The maximum Gasteiger partial charge on any atom is 0.519 e. The summed E-state index contributed by atoms with van der Waals surface area (Å²) in [7, 11) is 0. The van der Waals surface area contributed by atoms with Gasteiger partial charge >= 0.3 is 6.98 Å². The number of halogens is 3. The zero-order chi connectivity index (χ0) is 11.6. The number of morpholine rings is 1. The van der Waals surface area contributed by atoms with Gasteiger partial charge in [0, 0.05) is 24.5 Å². The zero-order valence-corrected chi connectivity index (χ0v) is 9.48. The Morgan fingerprint density at radius 2 is 1.94 bits per heavy atom. The standard InChI is InChI=1S/C9H12BF3NOS/c11-10(12,13)9-2-1-8(16-9)7-14-3-5-15-6-4-14/h1-2H,3-7H2/q-1. The van der Waals surface area contributed by atoms with Gasteiger partial charge < -0.3 is 17.7 Å². The van der Waals surface area contributed by atoms with Crippen molar-refractivity contribution >= 4 is 23.1 Å². The summed E-state index contributed by atoms with van der Waals surface area (Å²) in [6, 6.07) is 2.76. The minimum absolute atomic E-state index is 0.455. The van der Waals surface area contributed by atoms with Crippen LogP contribution in [0.2, 0.25) is 0 Å². The van der Waals surface area contributed by atoms with E-state index in [4.69, 9.17) is 4.74 Å². The maximum atomic E-state index is 12.4. The summed E-state index contributed by atoms with van der Waals surface area (Å²) in [5.74, 6) is 0. The molecular formula is C9H12BF3NOS-. The molecule has 1 aliphatic rings. The fourth-order valence-corrected chi connectivity index (χ4v) is 2.59. The first-order valence-electron chi connectivity index (χ1n) is 5.14. The van der Waals surface area contributed by atoms with Gasteiger partial charge in [-0.3, -0.25) is 4.90 Å². The summed E-state index contributed by atoms with van der Waals surface area (Å²) in [6.07, 6.45) is 0. The van der Waals surface area contributed by atoms with E-state index < -0.39 is 11.8 Å². The van der Waals surface area contributed by atoms with Gasteiger partial charge in [0.05, 0.1) is 13.2 Å². The van der Waals surface area contributed by atoms with Crippen molar-refractivity contribution in [2.75, 3.05) is 26.3 Å². The molecule has 0 atom stereocenters. The number of ether oxygens (including phenoxy) is 1. The van der Waals surface area contributed by atoms with E-state index in [9.17, 15) is 12.9 Å². The summed E-state index contributed by atoms with van der Waals surface area (Å²) in [6.45, 7) is -1.31. The second-order valence-corrected chi connectivity index (χ2v) is 4.97. The van der Waals surface area contributed by atoms with Crippen LogP contribution in [0, 0.1) is 0 Å². The van der Waals surface area contributed by atoms with Crippen molar-refractivity contribution in [1.82, 2.24) is 4.90 Å². The minimum Gasteiger partial charge on any atom is -0.444 e. The Morgan fingerprint density at radius 1 is 1.25 bits per heavy atom. The third-order valence-corrected chi connectivity index (χ3v) is 3.65. The monoisotopic (exact) mass is 250 g/mol. The predicted octanol–water partition coefficient (Wildman–Crippen LogP) is 1.63. The molecule has 0 amide bonds. The summed E-state index contributed by atoms with van der Waals surface area (Å²) < 4.78 is 42.0. The van der Waals surface area contributed by atoms with Crippen molar-refractivity contribution in [1.29, 1.82) is 0 Å². The fourth-order valence-electron chi connectivity index (χ4n) is 1.64. The van der Waals surface area contributed by atoms with Gasteiger partial charge in [0.1, 0.15) is 0 Å². The van der Waals surface area contributed by atoms with E-state index in [0.29, 0.717) is 19.8 Å². The van der Waals surface area contributed by atoms with E-state index in [2.05, 4.69) is 4.90 Å². The van der Waals surface area contributed by atoms with E-state index in [1.807, 2.05) is 0 Å². The molecule has 2 rings (SSSR count). The lowest BCUT2D eigenvalue weighted by Crippen LogP contribution is -2.35. The Morgan fingerprint density at radius 3 is 2.50 bits per heavy atom. The highest BCUT2D eigenvalue weighted by Crippen LogP contribution is 2.18. The Balaban J connectivity index is 1.97. The van der Waals surface area contributed by atoms with Crippen LogP contribution in [0.5, 0.6) is 0 Å². The number of thiophene rings is 1. The van der Waals surface area contributed by atoms with E-state index in [0.717, 1.165) is 29.3 Å². The van der Waals surface area contributed by atoms with Crippen LogP contribution < -0.4 is 4.78 Å². The molecule has 1 aliphatic heterocycles. The molecule has 2 heterocycles. The van der Waals surface area contributed by atoms with Crippen molar-refractivity contribution in [2.24, 2.45) is 0 Å². The molecule has 0 aromatic carbocycles. The van der Waals surface area contributed by atoms with E-state index in [1.165, 1.54) is 6.07 Å². The normalized spacial score (nSPS) is 18.9. The lowest BCUT2D eigenvalue weighted by atomic mass is 9.90. The summed E-state index contributed by atoms with van der Waals surface area (Å²) in [5.41, 5.74) is 0. The quantitative estimate of drug-likeness (QED) is 0.756. The molecule has 0 aliphatic carbocycles. The first-order valence-corrected chi connectivity index (χ1v) is 5.96. The Hall–Kier alpha value is -0.525. The molecule has 2 nitrogen and oxygen atoms in total. The molecular weight excluding hydrogens is 238 g/mol. The van der Waals surface area contributed by atoms with Crippen LogP contribution in [0.1, 0.15) is 4.88 Å². The fraction of sp³-hybridized carbons (Fsp3) is 0.556. The van der Waals surface area contributed by atoms with Crippen LogP contribution in [0.15, 0.2) is 12.1 Å². The van der Waals surface area contributed by atoms with Crippen molar-refractivity contribution in [3.05, 3.63) is 17.0 Å². The van der Waals surface area contributed by atoms with E-state index in [-0.39, 0.29) is 0 Å². The summed E-state index contributed by atoms with van der Waals surface area (Å²) in [5, 5.41) is 0. The minimum atomic E-state index is -4.84. The number of hydrogen-bond donors (Lipinski definition) is 0. The molecule has 1 fully saturated rings. The van der Waals surface area contributed by atoms with Crippen LogP contribution in [0.4, 0.5) is 12.9 Å². The van der Waals surface area contributed by atoms with Crippen molar-refractivity contribution in [3.8, 4) is 0 Å². The van der Waals surface area contributed by atoms with Crippen LogP contribution >= 0.6 is 11.3 Å². The van der Waals surface area contributed by atoms with Crippen molar-refractivity contribution < 1.29 is 17.7 Å². The molecule has 1 aromatic heterocycles. The largest absolute Gasteiger partial charge is 0.519 e. The van der Waals surface area contributed by atoms with Crippen LogP contribution in [-0.4, -0.2) is 38.2 Å². The van der Waals surface area contributed by atoms with Crippen molar-refractivity contribution in [2.45, 2.75) is 6.54 Å². The molecule has 16 heavy (non-hydrogen) atoms. The Labute approximate surface area is 96.1 Å². The number of hydrogen-bond acceptors (Lipinski definition) is 3. The topological polar surface area (TPSA) is 12.5 Å². The molecule has 1 saturated heterocycles. The third kappa shape index (κ3) is 2.99. The molecule has 0 radical (unpaired) electrons. The zero-order valence-electron chi connectivity index (χ0n) is 8.67. The second kappa shape index (κ2) is 4.77. The lowest BCUT2D eigenvalue weighted by molar-refractivity contribution is 0.0346. The average molecular weight is 250 g/mol. The predicted molar refractivity (Wildman–Crippen MR) is 59.1 cm³/mol. The molecule has 7 heteroatoms. The van der Waals surface area contributed by atoms with Crippen LogP contribution in [0.3, 0.4) is 0 Å². The summed E-state index contributed by atoms with van der Waals surface area (Å²) >= 11 is 0.854. The van der Waals surface area contributed by atoms with Gasteiger partial charge in [-0.15, -0.1) is 0 Å². The van der Waals surface area contributed by atoms with E-state index >= 15 is 0 Å². The SMILES string of the molecule is F[B-](F)(F)c1ccc(CN2CCOCC2)s1. The molecule has 0 N–H and O–H groups in total. The van der Waals surface area contributed by atoms with Crippen molar-refractivity contribution in [3.63, 3.8) is 0 Å². The molecule has 0 unspecified atom stereocenters. The highest BCUT2D eigenvalue weighted by atomic mass is 32.1. The number of rotatable bonds is 3. The van der Waals surface area contributed by atoms with Gasteiger partial charge in [-0.2, -0.15) is 11.3 Å². The molecule has 0 spiro atoms. The van der Waals surface area contributed by atoms with Crippen LogP contribution in [0.25, 0.3) is 0 Å². The lowest BCUT2D eigenvalue weighted by Gasteiger charge is -2.25. The maximum absolute atomic E-state index is 12.4. The average Bonchev–Trinajstić information content (AvgIpc) is 2.67. The Kier molecular flexibility index (Phi) is 3.56. The van der Waals surface area contributed by atoms with Gasteiger partial charge in [0.15, 0.2) is 0 Å². The molecule has 90 valence electrons. The molecule has 1 aromatic rings. The Bertz CT molecular complexity index is 349. The molecule has 0 bridgehead atoms. The highest BCUT2D eigenvalue weighted by Gasteiger charge is 2.27. The molecule has 0 saturated carbocycles. The smallest absolute Gasteiger partial charge is 0.444 e. The van der Waals surface area contributed by atoms with E-state index in [1.54, 1.807) is 6.07 Å². The first kappa shape index (κ1) is 11.9. The summed E-state index contributed by atoms with van der Waals surface area (Å²) in [4.78, 5) is 2.89. The van der Waals surface area contributed by atoms with Gasteiger partial charge in [-0.25, -0.2) is 0 Å². The first-order chi connectivity index (χ1) is 7.55.